The average Bonchev–Trinajstić information content (AvgIpc) is 2.74. The molecule has 0 aromatic carbocycles. The van der Waals surface area contributed by atoms with E-state index in [0.29, 0.717) is 24.2 Å². The van der Waals surface area contributed by atoms with E-state index < -0.39 is 11.4 Å². The number of allylic oxidation sites excluding steroid dienone is 3. The number of carboxylic acids is 1. The van der Waals surface area contributed by atoms with E-state index >= 15 is 0 Å². The molecule has 3 nitrogen and oxygen atoms in total. The Balaban J connectivity index is 1.61. The van der Waals surface area contributed by atoms with Crippen molar-refractivity contribution in [3.8, 4) is 0 Å². The molecule has 184 valence electrons. The van der Waals surface area contributed by atoms with Crippen LogP contribution in [0.25, 0.3) is 0 Å². The maximum Gasteiger partial charge on any atom is 0.314 e. The Morgan fingerprint density at radius 3 is 2.24 bits per heavy atom. The van der Waals surface area contributed by atoms with Gasteiger partial charge in [-0.25, -0.2) is 0 Å². The van der Waals surface area contributed by atoms with Crippen LogP contribution in [0.5, 0.6) is 0 Å². The van der Waals surface area contributed by atoms with E-state index in [1.165, 1.54) is 36.0 Å². The minimum Gasteiger partial charge on any atom is -0.481 e. The molecule has 5 rings (SSSR count). The first-order valence-electron chi connectivity index (χ1n) is 13.6. The van der Waals surface area contributed by atoms with Gasteiger partial charge in [-0.1, -0.05) is 46.3 Å². The van der Waals surface area contributed by atoms with E-state index in [9.17, 15) is 15.0 Å². The molecular weight excluding hydrogens is 408 g/mol. The highest BCUT2D eigenvalue weighted by atomic mass is 16.4. The third kappa shape index (κ3) is 2.69. The van der Waals surface area contributed by atoms with Crippen molar-refractivity contribution in [3.05, 3.63) is 22.8 Å². The lowest BCUT2D eigenvalue weighted by atomic mass is 9.32. The summed E-state index contributed by atoms with van der Waals surface area (Å²) in [6.07, 6.45) is 11.2. The second kappa shape index (κ2) is 6.99. The summed E-state index contributed by atoms with van der Waals surface area (Å²) in [5, 5.41) is 21.4. The molecule has 0 radical (unpaired) electrons. The smallest absolute Gasteiger partial charge is 0.314 e. The van der Waals surface area contributed by atoms with Crippen LogP contribution in [-0.4, -0.2) is 22.3 Å². The molecule has 4 saturated carbocycles. The number of carbonyl (C=O) groups is 1. The van der Waals surface area contributed by atoms with E-state index in [4.69, 9.17) is 0 Å². The Morgan fingerprint density at radius 2 is 1.58 bits per heavy atom. The van der Waals surface area contributed by atoms with Crippen molar-refractivity contribution in [2.45, 2.75) is 112 Å². The Bertz CT molecular complexity index is 942. The molecular formula is C30H46O3. The number of rotatable bonds is 1. The molecule has 0 aromatic heterocycles. The molecule has 0 aliphatic heterocycles. The van der Waals surface area contributed by atoms with Gasteiger partial charge in [0.15, 0.2) is 0 Å². The molecule has 0 saturated heterocycles. The number of aliphatic hydroxyl groups excluding tert-OH is 1. The van der Waals surface area contributed by atoms with Crippen molar-refractivity contribution in [2.24, 2.45) is 44.8 Å². The van der Waals surface area contributed by atoms with E-state index in [1.807, 2.05) is 0 Å². The first kappa shape index (κ1) is 23.6. The molecule has 5 aliphatic rings. The van der Waals surface area contributed by atoms with E-state index in [-0.39, 0.29) is 27.8 Å². The lowest BCUT2D eigenvalue weighted by Gasteiger charge is -2.72. The Morgan fingerprint density at radius 1 is 0.879 bits per heavy atom. The molecule has 0 heterocycles. The summed E-state index contributed by atoms with van der Waals surface area (Å²) in [6, 6.07) is 0. The lowest BCUT2D eigenvalue weighted by Crippen LogP contribution is -2.66. The normalized spacial score (nSPS) is 51.0. The molecule has 0 bridgehead atoms. The van der Waals surface area contributed by atoms with Gasteiger partial charge >= 0.3 is 5.97 Å². The van der Waals surface area contributed by atoms with Crippen molar-refractivity contribution in [2.75, 3.05) is 0 Å². The van der Waals surface area contributed by atoms with Gasteiger partial charge in [0.25, 0.3) is 0 Å². The largest absolute Gasteiger partial charge is 0.481 e. The van der Waals surface area contributed by atoms with Crippen molar-refractivity contribution >= 4 is 5.97 Å². The van der Waals surface area contributed by atoms with Gasteiger partial charge in [-0.3, -0.25) is 4.79 Å². The lowest BCUT2D eigenvalue weighted by molar-refractivity contribution is -0.229. The number of carboxylic acid groups (broad SMARTS) is 1. The number of hydrogen-bond donors (Lipinski definition) is 2. The van der Waals surface area contributed by atoms with Gasteiger partial charge in [0.2, 0.25) is 0 Å². The molecule has 0 spiro atoms. The van der Waals surface area contributed by atoms with Crippen LogP contribution in [-0.2, 0) is 4.79 Å². The highest BCUT2D eigenvalue weighted by molar-refractivity contribution is 5.81. The zero-order chi connectivity index (χ0) is 24.2. The van der Waals surface area contributed by atoms with Crippen LogP contribution in [0.2, 0.25) is 0 Å². The summed E-state index contributed by atoms with van der Waals surface area (Å²) in [5.74, 6) is 0.980. The zero-order valence-electron chi connectivity index (χ0n) is 22.1. The van der Waals surface area contributed by atoms with Crippen LogP contribution in [0, 0.1) is 44.8 Å². The monoisotopic (exact) mass is 454 g/mol. The van der Waals surface area contributed by atoms with Gasteiger partial charge in [-0.2, -0.15) is 0 Å². The highest BCUT2D eigenvalue weighted by Gasteiger charge is 2.69. The first-order chi connectivity index (χ1) is 15.3. The standard InChI is InChI=1S/C30H46O3/c1-18-10-15-30(25(32)33)17-16-28(6)20(24(30)19(18)2)8-9-22-27(5)13-12-23(31)26(3,4)21(27)11-14-29(22,28)7/h10,20-23,31H,8-9,11-17H2,1-7H3,(H,32,33)/t20-,21+,22-,23-,27+,28-,29-,30+/m1/s1. The molecule has 2 N–H and O–H groups in total. The van der Waals surface area contributed by atoms with Crippen LogP contribution < -0.4 is 0 Å². The fourth-order valence-corrected chi connectivity index (χ4v) is 10.6. The third-order valence-corrected chi connectivity index (χ3v) is 12.9. The van der Waals surface area contributed by atoms with Gasteiger partial charge < -0.3 is 10.2 Å². The molecule has 0 aromatic rings. The van der Waals surface area contributed by atoms with Gasteiger partial charge in [0.05, 0.1) is 11.5 Å². The summed E-state index contributed by atoms with van der Waals surface area (Å²) in [7, 11) is 0. The predicted molar refractivity (Wildman–Crippen MR) is 133 cm³/mol. The first-order valence-corrected chi connectivity index (χ1v) is 13.6. The van der Waals surface area contributed by atoms with Gasteiger partial charge in [-0.05, 0) is 122 Å². The minimum absolute atomic E-state index is 0.0263. The van der Waals surface area contributed by atoms with Crippen LogP contribution in [0.3, 0.4) is 0 Å². The molecule has 5 aliphatic carbocycles. The van der Waals surface area contributed by atoms with Crippen molar-refractivity contribution < 1.29 is 15.0 Å². The molecule has 8 atom stereocenters. The summed E-state index contributed by atoms with van der Waals surface area (Å²) >= 11 is 0. The maximum atomic E-state index is 12.8. The summed E-state index contributed by atoms with van der Waals surface area (Å²) in [6.45, 7) is 16.7. The summed E-state index contributed by atoms with van der Waals surface area (Å²) in [5.41, 5.74) is 3.74. The maximum absolute atomic E-state index is 12.8. The predicted octanol–water partition coefficient (Wildman–Crippen LogP) is 7.15. The Kier molecular flexibility index (Phi) is 5.01. The third-order valence-electron chi connectivity index (χ3n) is 12.9. The van der Waals surface area contributed by atoms with Crippen LogP contribution >= 0.6 is 0 Å². The number of aliphatic hydroxyl groups is 1. The number of aliphatic carboxylic acids is 1. The van der Waals surface area contributed by atoms with E-state index in [1.54, 1.807) is 0 Å². The fraction of sp³-hybridized carbons (Fsp3) is 0.833. The Labute approximate surface area is 201 Å². The molecule has 4 fully saturated rings. The SMILES string of the molecule is CC1=CC[C@]2(C(=O)O)CC[C@]3(C)[C@H](CC[C@@H]4[C@@]5(C)CC[C@@H](O)C(C)(C)[C@@H]5CC[C@]43C)C2=C1C. The average molecular weight is 455 g/mol. The van der Waals surface area contributed by atoms with Crippen LogP contribution in [0.4, 0.5) is 0 Å². The molecule has 0 unspecified atom stereocenters. The van der Waals surface area contributed by atoms with Crippen LogP contribution in [0.15, 0.2) is 22.8 Å². The second-order valence-electron chi connectivity index (χ2n) is 14.0. The summed E-state index contributed by atoms with van der Waals surface area (Å²) < 4.78 is 0. The molecule has 33 heavy (non-hydrogen) atoms. The topological polar surface area (TPSA) is 57.5 Å². The van der Waals surface area contributed by atoms with Crippen molar-refractivity contribution in [3.63, 3.8) is 0 Å². The minimum atomic E-state index is -0.686. The van der Waals surface area contributed by atoms with E-state index in [0.717, 1.165) is 32.1 Å². The van der Waals surface area contributed by atoms with E-state index in [2.05, 4.69) is 54.5 Å². The highest BCUT2D eigenvalue weighted by Crippen LogP contribution is 2.76. The number of hydrogen-bond acceptors (Lipinski definition) is 2. The molecule has 0 amide bonds. The number of fused-ring (bicyclic) bond motifs is 7. The van der Waals surface area contributed by atoms with Gasteiger partial charge in [0.1, 0.15) is 0 Å². The quantitative estimate of drug-likeness (QED) is 0.442. The van der Waals surface area contributed by atoms with Crippen molar-refractivity contribution in [1.29, 1.82) is 0 Å². The van der Waals surface area contributed by atoms with Crippen molar-refractivity contribution in [1.82, 2.24) is 0 Å². The fourth-order valence-electron chi connectivity index (χ4n) is 10.6. The zero-order valence-corrected chi connectivity index (χ0v) is 22.1. The Hall–Kier alpha value is -1.09. The molecule has 3 heteroatoms. The van der Waals surface area contributed by atoms with Gasteiger partial charge in [-0.15, -0.1) is 0 Å². The van der Waals surface area contributed by atoms with Crippen LogP contribution in [0.1, 0.15) is 106 Å². The summed E-state index contributed by atoms with van der Waals surface area (Å²) in [4.78, 5) is 12.8. The second-order valence-corrected chi connectivity index (χ2v) is 14.0. The van der Waals surface area contributed by atoms with Gasteiger partial charge in [0, 0.05) is 0 Å².